The molecule has 0 saturated heterocycles. The molecule has 0 aliphatic heterocycles. The molecular formula is C17H17ClN2O5. The molecule has 2 N–H and O–H groups in total. The van der Waals surface area contributed by atoms with Crippen LogP contribution in [0.4, 0.5) is 5.69 Å². The summed E-state index contributed by atoms with van der Waals surface area (Å²) in [6, 6.07) is 8.18. The van der Waals surface area contributed by atoms with Crippen LogP contribution >= 0.6 is 11.6 Å². The van der Waals surface area contributed by atoms with Crippen LogP contribution in [-0.4, -0.2) is 30.9 Å². The molecule has 8 heteroatoms. The first-order valence-electron chi connectivity index (χ1n) is 7.49. The van der Waals surface area contributed by atoms with Crippen LogP contribution in [0.5, 0.6) is 0 Å². The fourth-order valence-corrected chi connectivity index (χ4v) is 2.04. The summed E-state index contributed by atoms with van der Waals surface area (Å²) >= 11 is 5.97. The van der Waals surface area contributed by atoms with Crippen molar-refractivity contribution in [3.8, 4) is 0 Å². The summed E-state index contributed by atoms with van der Waals surface area (Å²) in [5.41, 5.74) is 1.41. The first-order chi connectivity index (χ1) is 12.0. The lowest BCUT2D eigenvalue weighted by Crippen LogP contribution is -2.27. The third-order valence-corrected chi connectivity index (χ3v) is 3.59. The molecule has 2 aromatic rings. The number of carbonyl (C=O) groups is 3. The lowest BCUT2D eigenvalue weighted by Gasteiger charge is -2.08. The maximum atomic E-state index is 11.7. The van der Waals surface area contributed by atoms with Gasteiger partial charge in [-0.1, -0.05) is 17.7 Å². The van der Waals surface area contributed by atoms with E-state index in [-0.39, 0.29) is 18.7 Å². The summed E-state index contributed by atoms with van der Waals surface area (Å²) in [4.78, 5) is 34.9. The number of benzene rings is 1. The number of aryl methyl sites for hydroxylation is 1. The number of carbonyl (C=O) groups excluding carboxylic acids is 3. The smallest absolute Gasteiger partial charge is 0.308 e. The molecule has 0 aliphatic carbocycles. The Labute approximate surface area is 149 Å². The maximum Gasteiger partial charge on any atom is 0.308 e. The number of hydrogen-bond donors (Lipinski definition) is 2. The second kappa shape index (κ2) is 8.89. The molecule has 2 rings (SSSR count). The summed E-state index contributed by atoms with van der Waals surface area (Å²) in [7, 11) is 0. The van der Waals surface area contributed by atoms with E-state index < -0.39 is 24.4 Å². The highest BCUT2D eigenvalue weighted by molar-refractivity contribution is 6.31. The van der Waals surface area contributed by atoms with Crippen molar-refractivity contribution in [2.45, 2.75) is 13.3 Å². The van der Waals surface area contributed by atoms with Crippen molar-refractivity contribution >= 4 is 35.1 Å². The number of esters is 1. The Balaban J connectivity index is 1.66. The Hall–Kier alpha value is -2.80. The number of halogens is 1. The van der Waals surface area contributed by atoms with Crippen molar-refractivity contribution < 1.29 is 23.5 Å². The lowest BCUT2D eigenvalue weighted by atomic mass is 10.2. The molecule has 132 valence electrons. The van der Waals surface area contributed by atoms with Crippen molar-refractivity contribution in [2.24, 2.45) is 0 Å². The molecule has 25 heavy (non-hydrogen) atoms. The highest BCUT2D eigenvalue weighted by Crippen LogP contribution is 2.19. The highest BCUT2D eigenvalue weighted by atomic mass is 35.5. The molecule has 0 radical (unpaired) electrons. The van der Waals surface area contributed by atoms with Crippen LogP contribution in [0.15, 0.2) is 41.0 Å². The van der Waals surface area contributed by atoms with Crippen LogP contribution in [0.1, 0.15) is 22.5 Å². The number of nitrogens with one attached hydrogen (secondary N) is 2. The van der Waals surface area contributed by atoms with Crippen LogP contribution in [0.2, 0.25) is 5.02 Å². The molecule has 0 bridgehead atoms. The molecule has 0 spiro atoms. The van der Waals surface area contributed by atoms with E-state index in [1.54, 1.807) is 24.3 Å². The third-order valence-electron chi connectivity index (χ3n) is 3.18. The minimum absolute atomic E-state index is 0.0594. The second-order valence-corrected chi connectivity index (χ2v) is 5.56. The fraction of sp³-hybridized carbons (Fsp3) is 0.235. The average Bonchev–Trinajstić information content (AvgIpc) is 3.11. The summed E-state index contributed by atoms with van der Waals surface area (Å²) in [5, 5.41) is 5.61. The van der Waals surface area contributed by atoms with Crippen molar-refractivity contribution in [3.05, 3.63) is 52.9 Å². The topological polar surface area (TPSA) is 97.6 Å². The number of anilines is 1. The van der Waals surface area contributed by atoms with Gasteiger partial charge in [-0.05, 0) is 36.8 Å². The zero-order valence-electron chi connectivity index (χ0n) is 13.5. The van der Waals surface area contributed by atoms with Crippen molar-refractivity contribution in [2.75, 3.05) is 18.5 Å². The summed E-state index contributed by atoms with van der Waals surface area (Å²) in [5.74, 6) is -1.35. The quantitative estimate of drug-likeness (QED) is 0.736. The van der Waals surface area contributed by atoms with E-state index in [0.717, 1.165) is 5.56 Å². The van der Waals surface area contributed by atoms with Gasteiger partial charge in [0.15, 0.2) is 12.4 Å². The Bertz CT molecular complexity index is 758. The van der Waals surface area contributed by atoms with E-state index >= 15 is 0 Å². The predicted octanol–water partition coefficient (Wildman–Crippen LogP) is 2.54. The lowest BCUT2D eigenvalue weighted by molar-refractivity contribution is -0.147. The number of ether oxygens (including phenoxy) is 1. The molecule has 1 heterocycles. The minimum atomic E-state index is -0.600. The Morgan fingerprint density at radius 3 is 2.72 bits per heavy atom. The predicted molar refractivity (Wildman–Crippen MR) is 91.4 cm³/mol. The monoisotopic (exact) mass is 364 g/mol. The van der Waals surface area contributed by atoms with Crippen LogP contribution in [0, 0.1) is 6.92 Å². The van der Waals surface area contributed by atoms with Gasteiger partial charge in [0.05, 0.1) is 12.7 Å². The number of rotatable bonds is 7. The standard InChI is InChI=1S/C17H17ClN2O5/c1-11-4-5-12(9-13(11)18)20-15(21)10-25-16(22)6-7-19-17(23)14-3-2-8-24-14/h2-5,8-9H,6-7,10H2,1H3,(H,19,23)(H,20,21). The molecular weight excluding hydrogens is 348 g/mol. The normalized spacial score (nSPS) is 10.2. The molecule has 1 aromatic heterocycles. The number of hydrogen-bond acceptors (Lipinski definition) is 5. The van der Waals surface area contributed by atoms with E-state index in [2.05, 4.69) is 10.6 Å². The van der Waals surface area contributed by atoms with Crippen molar-refractivity contribution in [3.63, 3.8) is 0 Å². The molecule has 7 nitrogen and oxygen atoms in total. The zero-order chi connectivity index (χ0) is 18.2. The van der Waals surface area contributed by atoms with Crippen molar-refractivity contribution in [1.29, 1.82) is 0 Å². The van der Waals surface area contributed by atoms with Crippen molar-refractivity contribution in [1.82, 2.24) is 5.32 Å². The van der Waals surface area contributed by atoms with Gasteiger partial charge in [0, 0.05) is 17.3 Å². The van der Waals surface area contributed by atoms with Gasteiger partial charge >= 0.3 is 5.97 Å². The van der Waals surface area contributed by atoms with E-state index in [1.807, 2.05) is 6.92 Å². The van der Waals surface area contributed by atoms with Gasteiger partial charge in [0.25, 0.3) is 11.8 Å². The Morgan fingerprint density at radius 1 is 1.24 bits per heavy atom. The number of amides is 2. The van der Waals surface area contributed by atoms with E-state index in [4.69, 9.17) is 20.8 Å². The highest BCUT2D eigenvalue weighted by Gasteiger charge is 2.11. The maximum absolute atomic E-state index is 11.7. The van der Waals surface area contributed by atoms with E-state index in [0.29, 0.717) is 10.7 Å². The molecule has 0 atom stereocenters. The minimum Gasteiger partial charge on any atom is -0.459 e. The molecule has 0 aliphatic rings. The van der Waals surface area contributed by atoms with Gasteiger partial charge in [0.1, 0.15) is 0 Å². The molecule has 1 aromatic carbocycles. The van der Waals surface area contributed by atoms with Gasteiger partial charge in [0.2, 0.25) is 0 Å². The van der Waals surface area contributed by atoms with Crippen LogP contribution in [-0.2, 0) is 14.3 Å². The Morgan fingerprint density at radius 2 is 2.04 bits per heavy atom. The zero-order valence-corrected chi connectivity index (χ0v) is 14.3. The first-order valence-corrected chi connectivity index (χ1v) is 7.87. The summed E-state index contributed by atoms with van der Waals surface area (Å²) in [6.45, 7) is 1.50. The Kier molecular flexibility index (Phi) is 6.59. The second-order valence-electron chi connectivity index (χ2n) is 5.16. The molecule has 2 amide bonds. The largest absolute Gasteiger partial charge is 0.459 e. The van der Waals surface area contributed by atoms with Gasteiger partial charge in [-0.15, -0.1) is 0 Å². The molecule has 0 unspecified atom stereocenters. The van der Waals surface area contributed by atoms with Crippen LogP contribution in [0.25, 0.3) is 0 Å². The molecule has 0 fully saturated rings. The molecule has 0 saturated carbocycles. The fourth-order valence-electron chi connectivity index (χ4n) is 1.86. The third kappa shape index (κ3) is 5.96. The van der Waals surface area contributed by atoms with Gasteiger partial charge < -0.3 is 19.8 Å². The first kappa shape index (κ1) is 18.5. The van der Waals surface area contributed by atoms with Crippen LogP contribution in [0.3, 0.4) is 0 Å². The summed E-state index contributed by atoms with van der Waals surface area (Å²) < 4.78 is 9.76. The van der Waals surface area contributed by atoms with Gasteiger partial charge in [-0.3, -0.25) is 14.4 Å². The number of furan rings is 1. The summed E-state index contributed by atoms with van der Waals surface area (Å²) in [6.07, 6.45) is 1.32. The van der Waals surface area contributed by atoms with Crippen LogP contribution < -0.4 is 10.6 Å². The van der Waals surface area contributed by atoms with Gasteiger partial charge in [-0.2, -0.15) is 0 Å². The van der Waals surface area contributed by atoms with E-state index in [9.17, 15) is 14.4 Å². The van der Waals surface area contributed by atoms with Gasteiger partial charge in [-0.25, -0.2) is 0 Å². The SMILES string of the molecule is Cc1ccc(NC(=O)COC(=O)CCNC(=O)c2ccco2)cc1Cl. The average molecular weight is 365 g/mol. The van der Waals surface area contributed by atoms with E-state index in [1.165, 1.54) is 12.3 Å².